The molecule has 2 amide bonds. The molecule has 0 radical (unpaired) electrons. The summed E-state index contributed by atoms with van der Waals surface area (Å²) in [7, 11) is 0. The molecule has 0 spiro atoms. The van der Waals surface area contributed by atoms with Crippen LogP contribution in [-0.2, 0) is 12.8 Å². The van der Waals surface area contributed by atoms with Gasteiger partial charge in [-0.3, -0.25) is 0 Å². The molecule has 1 fully saturated rings. The first-order valence-electron chi connectivity index (χ1n) is 10.1. The summed E-state index contributed by atoms with van der Waals surface area (Å²) in [5, 5.41) is 3.16. The van der Waals surface area contributed by atoms with E-state index in [1.165, 1.54) is 11.1 Å². The van der Waals surface area contributed by atoms with Crippen molar-refractivity contribution in [2.24, 2.45) is 0 Å². The number of nitrogens with one attached hydrogen (secondary N) is 2. The molecule has 5 heteroatoms. The van der Waals surface area contributed by atoms with E-state index in [1.54, 1.807) is 4.90 Å². The summed E-state index contributed by atoms with van der Waals surface area (Å²) in [5.41, 5.74) is 2.65. The molecule has 28 heavy (non-hydrogen) atoms. The number of benzene rings is 2. The quantitative estimate of drug-likeness (QED) is 0.651. The predicted octanol–water partition coefficient (Wildman–Crippen LogP) is -0.837. The van der Waals surface area contributed by atoms with Gasteiger partial charge in [-0.25, -0.2) is 4.79 Å². The number of carbonyl (C=O) groups excluding carboxylic acids is 1. The number of nitrogens with zero attached hydrogens (tertiary/aromatic N) is 1. The van der Waals surface area contributed by atoms with Crippen molar-refractivity contribution in [1.29, 1.82) is 0 Å². The second-order valence-electron chi connectivity index (χ2n) is 7.78. The van der Waals surface area contributed by atoms with Gasteiger partial charge in [0.05, 0.1) is 32.2 Å². The number of rotatable bonds is 6. The van der Waals surface area contributed by atoms with Gasteiger partial charge in [0.1, 0.15) is 0 Å². The number of carbonyl (C=O) groups is 1. The summed E-state index contributed by atoms with van der Waals surface area (Å²) < 4.78 is 0. The van der Waals surface area contributed by atoms with Crippen LogP contribution in [0.15, 0.2) is 60.7 Å². The molecule has 2 unspecified atom stereocenters. The minimum absolute atomic E-state index is 0. The maximum absolute atomic E-state index is 12.6. The van der Waals surface area contributed by atoms with Crippen LogP contribution in [0.2, 0.25) is 0 Å². The van der Waals surface area contributed by atoms with E-state index in [2.05, 4.69) is 61.6 Å². The van der Waals surface area contributed by atoms with Crippen LogP contribution in [0.4, 0.5) is 4.79 Å². The molecule has 152 valence electrons. The normalized spacial score (nSPS) is 16.7. The second-order valence-corrected chi connectivity index (χ2v) is 7.78. The monoisotopic (exact) mass is 401 g/mol. The van der Waals surface area contributed by atoms with E-state index in [4.69, 9.17) is 0 Å². The van der Waals surface area contributed by atoms with Crippen LogP contribution in [0.3, 0.4) is 0 Å². The highest BCUT2D eigenvalue weighted by molar-refractivity contribution is 5.74. The zero-order valence-electron chi connectivity index (χ0n) is 16.9. The Hall–Kier alpha value is -2.04. The Bertz CT molecular complexity index is 702. The highest BCUT2D eigenvalue weighted by Crippen LogP contribution is 2.04. The Balaban J connectivity index is 0.00000280. The molecule has 0 aliphatic carbocycles. The van der Waals surface area contributed by atoms with E-state index in [1.807, 2.05) is 23.1 Å². The van der Waals surface area contributed by atoms with E-state index in [-0.39, 0.29) is 24.5 Å². The molecule has 1 aliphatic rings. The van der Waals surface area contributed by atoms with Crippen molar-refractivity contribution in [3.8, 4) is 0 Å². The second kappa shape index (κ2) is 11.1. The highest BCUT2D eigenvalue weighted by atomic mass is 35.5. The average Bonchev–Trinajstić information content (AvgIpc) is 2.69. The molecule has 2 N–H and O–H groups in total. The van der Waals surface area contributed by atoms with Crippen LogP contribution in [0, 0.1) is 0 Å². The average molecular weight is 402 g/mol. The van der Waals surface area contributed by atoms with Crippen LogP contribution in [0.1, 0.15) is 25.0 Å². The number of hydrogen-bond acceptors (Lipinski definition) is 1. The Morgan fingerprint density at radius 1 is 0.929 bits per heavy atom. The van der Waals surface area contributed by atoms with Crippen LogP contribution < -0.4 is 22.6 Å². The summed E-state index contributed by atoms with van der Waals surface area (Å²) in [6.45, 7) is 8.11. The molecular weight excluding hydrogens is 370 g/mol. The Labute approximate surface area is 175 Å². The van der Waals surface area contributed by atoms with Gasteiger partial charge in [-0.2, -0.15) is 0 Å². The van der Waals surface area contributed by atoms with Crippen molar-refractivity contribution in [2.75, 3.05) is 26.2 Å². The summed E-state index contributed by atoms with van der Waals surface area (Å²) in [6.07, 6.45) is 1.96. The van der Waals surface area contributed by atoms with Crippen LogP contribution in [-0.4, -0.2) is 49.2 Å². The maximum atomic E-state index is 12.6. The fourth-order valence-corrected chi connectivity index (χ4v) is 3.92. The first-order valence-corrected chi connectivity index (χ1v) is 10.1. The zero-order chi connectivity index (χ0) is 19.1. The molecule has 2 aromatic rings. The summed E-state index contributed by atoms with van der Waals surface area (Å²) in [6, 6.07) is 21.8. The van der Waals surface area contributed by atoms with Crippen molar-refractivity contribution in [3.63, 3.8) is 0 Å². The Morgan fingerprint density at radius 2 is 1.43 bits per heavy atom. The molecule has 1 saturated heterocycles. The molecule has 1 heterocycles. The topological polar surface area (TPSA) is 36.8 Å². The molecule has 4 nitrogen and oxygen atoms in total. The van der Waals surface area contributed by atoms with Crippen molar-refractivity contribution < 1.29 is 22.1 Å². The van der Waals surface area contributed by atoms with Gasteiger partial charge >= 0.3 is 6.03 Å². The van der Waals surface area contributed by atoms with E-state index in [0.29, 0.717) is 6.04 Å². The minimum atomic E-state index is 0. The number of hydrogen-bond donors (Lipinski definition) is 2. The number of urea groups is 1. The summed E-state index contributed by atoms with van der Waals surface area (Å²) in [4.78, 5) is 16.1. The van der Waals surface area contributed by atoms with Crippen molar-refractivity contribution in [3.05, 3.63) is 71.8 Å². The Kier molecular flexibility index (Phi) is 8.81. The van der Waals surface area contributed by atoms with E-state index >= 15 is 0 Å². The molecule has 2 aromatic carbocycles. The number of piperazine rings is 1. The number of amides is 2. The van der Waals surface area contributed by atoms with Gasteiger partial charge in [-0.1, -0.05) is 60.7 Å². The third kappa shape index (κ3) is 6.54. The molecule has 3 rings (SSSR count). The number of quaternary nitrogens is 1. The maximum Gasteiger partial charge on any atom is 0.318 e. The van der Waals surface area contributed by atoms with E-state index < -0.39 is 0 Å². The zero-order valence-corrected chi connectivity index (χ0v) is 17.7. The number of halogens is 1. The van der Waals surface area contributed by atoms with Gasteiger partial charge in [0, 0.05) is 12.5 Å². The molecule has 0 aromatic heterocycles. The SMILES string of the molecule is CC(Cc1ccccc1)NC(=O)N1CC[NH+](C(C)Cc2ccccc2)CC1.[Cl-]. The summed E-state index contributed by atoms with van der Waals surface area (Å²) >= 11 is 0. The lowest BCUT2D eigenvalue weighted by Crippen LogP contribution is -3.18. The van der Waals surface area contributed by atoms with Crippen molar-refractivity contribution >= 4 is 6.03 Å². The highest BCUT2D eigenvalue weighted by Gasteiger charge is 2.27. The van der Waals surface area contributed by atoms with Gasteiger partial charge in [0.2, 0.25) is 0 Å². The summed E-state index contributed by atoms with van der Waals surface area (Å²) in [5.74, 6) is 0. The largest absolute Gasteiger partial charge is 1.00 e. The molecular formula is C23H32ClN3O. The lowest BCUT2D eigenvalue weighted by Gasteiger charge is -2.36. The van der Waals surface area contributed by atoms with Gasteiger partial charge in [0.25, 0.3) is 0 Å². The molecule has 0 bridgehead atoms. The third-order valence-corrected chi connectivity index (χ3v) is 5.53. The first kappa shape index (κ1) is 22.3. The van der Waals surface area contributed by atoms with Crippen molar-refractivity contribution in [1.82, 2.24) is 10.2 Å². The van der Waals surface area contributed by atoms with Gasteiger partial charge in [0.15, 0.2) is 0 Å². The smallest absolute Gasteiger partial charge is 0.318 e. The molecule has 0 saturated carbocycles. The van der Waals surface area contributed by atoms with E-state index in [9.17, 15) is 4.79 Å². The van der Waals surface area contributed by atoms with Crippen LogP contribution >= 0.6 is 0 Å². The molecule has 1 aliphatic heterocycles. The van der Waals surface area contributed by atoms with Gasteiger partial charge in [-0.15, -0.1) is 0 Å². The lowest BCUT2D eigenvalue weighted by atomic mass is 10.1. The van der Waals surface area contributed by atoms with Gasteiger partial charge in [-0.05, 0) is 31.4 Å². The third-order valence-electron chi connectivity index (χ3n) is 5.53. The first-order chi connectivity index (χ1) is 13.1. The fraction of sp³-hybridized carbons (Fsp3) is 0.435. The van der Waals surface area contributed by atoms with Gasteiger partial charge < -0.3 is 27.5 Å². The van der Waals surface area contributed by atoms with E-state index in [0.717, 1.165) is 39.0 Å². The van der Waals surface area contributed by atoms with Crippen LogP contribution in [0.5, 0.6) is 0 Å². The molecule has 2 atom stereocenters. The standard InChI is InChI=1S/C23H31N3O.ClH/c1-19(17-21-9-5-3-6-10-21)24-23(27)26-15-13-25(14-16-26)20(2)18-22-11-7-4-8-12-22;/h3-12,19-20H,13-18H2,1-2H3,(H,24,27);1H. The lowest BCUT2D eigenvalue weighted by molar-refractivity contribution is -0.927. The van der Waals surface area contributed by atoms with Crippen LogP contribution in [0.25, 0.3) is 0 Å². The fourth-order valence-electron chi connectivity index (χ4n) is 3.92. The predicted molar refractivity (Wildman–Crippen MR) is 110 cm³/mol. The van der Waals surface area contributed by atoms with Crippen molar-refractivity contribution in [2.45, 2.75) is 38.8 Å². The Morgan fingerprint density at radius 3 is 1.96 bits per heavy atom. The minimum Gasteiger partial charge on any atom is -1.00 e.